The average molecular weight is 348 g/mol. The summed E-state index contributed by atoms with van der Waals surface area (Å²) in [5.74, 6) is 0.200. The van der Waals surface area contributed by atoms with Gasteiger partial charge in [-0.1, -0.05) is 6.92 Å². The van der Waals surface area contributed by atoms with Crippen LogP contribution in [0.3, 0.4) is 0 Å². The smallest absolute Gasteiger partial charge is 0.377 e. The van der Waals surface area contributed by atoms with Gasteiger partial charge < -0.3 is 4.74 Å². The van der Waals surface area contributed by atoms with Crippen LogP contribution in [0, 0.1) is 16.7 Å². The summed E-state index contributed by atoms with van der Waals surface area (Å²) in [6.45, 7) is 2.57. The molecule has 1 nitrogen and oxygen atoms in total. The fourth-order valence-electron chi connectivity index (χ4n) is 4.55. The summed E-state index contributed by atoms with van der Waals surface area (Å²) in [5.41, 5.74) is -0.396. The second-order valence-electron chi connectivity index (χ2n) is 8.52. The molecule has 4 rings (SSSR count). The van der Waals surface area contributed by atoms with Crippen molar-refractivity contribution in [2.24, 2.45) is 16.7 Å². The molecule has 2 bridgehead atoms. The lowest BCUT2D eigenvalue weighted by Gasteiger charge is -2.48. The van der Waals surface area contributed by atoms with E-state index in [9.17, 15) is 17.6 Å². The first-order valence-electron chi connectivity index (χ1n) is 9.27. The standard InChI is InChI=1S/C19H28F4O/c1-17-8-10-18(11-9-17,12-16(17)20)13-24-15-4-2-14(3-5-15)6-7-19(21,22)23/h12,14-15H,2-11,13H2,1H3. The molecule has 0 aromatic carbocycles. The number of allylic oxidation sites excluding steroid dienone is 1. The maximum absolute atomic E-state index is 14.2. The molecule has 4 aliphatic rings. The van der Waals surface area contributed by atoms with Crippen LogP contribution in [0.4, 0.5) is 17.6 Å². The van der Waals surface area contributed by atoms with Crippen LogP contribution in [-0.4, -0.2) is 18.9 Å². The molecule has 2 fully saturated rings. The van der Waals surface area contributed by atoms with Gasteiger partial charge >= 0.3 is 6.18 Å². The summed E-state index contributed by atoms with van der Waals surface area (Å²) in [6.07, 6.45) is 4.52. The fourth-order valence-corrected chi connectivity index (χ4v) is 4.55. The van der Waals surface area contributed by atoms with Crippen molar-refractivity contribution < 1.29 is 22.3 Å². The number of rotatable bonds is 5. The zero-order valence-corrected chi connectivity index (χ0v) is 14.4. The molecule has 0 aromatic heterocycles. The Labute approximate surface area is 141 Å². The zero-order chi connectivity index (χ0) is 17.4. The Balaban J connectivity index is 1.43. The highest BCUT2D eigenvalue weighted by Crippen LogP contribution is 2.56. The summed E-state index contributed by atoms with van der Waals surface area (Å²) < 4.78 is 57.2. The minimum absolute atomic E-state index is 0.0273. The van der Waals surface area contributed by atoms with Gasteiger partial charge in [-0.2, -0.15) is 13.2 Å². The van der Waals surface area contributed by atoms with Gasteiger partial charge in [0.1, 0.15) is 5.83 Å². The van der Waals surface area contributed by atoms with Crippen molar-refractivity contribution in [2.45, 2.75) is 83.4 Å². The van der Waals surface area contributed by atoms with E-state index in [1.807, 2.05) is 6.92 Å². The summed E-state index contributed by atoms with van der Waals surface area (Å²) in [7, 11) is 0. The molecule has 4 aliphatic carbocycles. The van der Waals surface area contributed by atoms with Crippen molar-refractivity contribution in [3.05, 3.63) is 11.9 Å². The highest BCUT2D eigenvalue weighted by Gasteiger charge is 2.47. The molecule has 0 aromatic rings. The number of hydrogen-bond donors (Lipinski definition) is 0. The summed E-state index contributed by atoms with van der Waals surface area (Å²) in [5, 5.41) is 0. The first-order chi connectivity index (χ1) is 11.2. The first kappa shape index (κ1) is 18.2. The second kappa shape index (κ2) is 6.62. The van der Waals surface area contributed by atoms with Crippen molar-refractivity contribution >= 4 is 0 Å². The summed E-state index contributed by atoms with van der Waals surface area (Å²) in [6, 6.07) is 0. The summed E-state index contributed by atoms with van der Waals surface area (Å²) >= 11 is 0. The predicted molar refractivity (Wildman–Crippen MR) is 85.2 cm³/mol. The number of alkyl halides is 3. The third-order valence-electron chi connectivity index (χ3n) is 6.60. The van der Waals surface area contributed by atoms with Crippen molar-refractivity contribution in [1.82, 2.24) is 0 Å². The molecule has 0 radical (unpaired) electrons. The molecule has 0 amide bonds. The van der Waals surface area contributed by atoms with E-state index in [1.165, 1.54) is 0 Å². The van der Waals surface area contributed by atoms with Gasteiger partial charge in [0, 0.05) is 17.3 Å². The zero-order valence-electron chi connectivity index (χ0n) is 14.4. The van der Waals surface area contributed by atoms with E-state index < -0.39 is 12.6 Å². The van der Waals surface area contributed by atoms with Crippen molar-refractivity contribution in [3.63, 3.8) is 0 Å². The van der Waals surface area contributed by atoms with Crippen LogP contribution in [-0.2, 0) is 4.74 Å². The van der Waals surface area contributed by atoms with E-state index in [2.05, 4.69) is 0 Å². The average Bonchev–Trinajstić information content (AvgIpc) is 2.53. The normalized spacial score (nSPS) is 39.8. The third-order valence-corrected chi connectivity index (χ3v) is 6.60. The number of ether oxygens (including phenoxy) is 1. The molecule has 0 atom stereocenters. The second-order valence-corrected chi connectivity index (χ2v) is 8.52. The van der Waals surface area contributed by atoms with Crippen LogP contribution in [0.25, 0.3) is 0 Å². The largest absolute Gasteiger partial charge is 0.389 e. The molecule has 0 saturated heterocycles. The van der Waals surface area contributed by atoms with E-state index in [1.54, 1.807) is 6.08 Å². The van der Waals surface area contributed by atoms with Crippen molar-refractivity contribution in [1.29, 1.82) is 0 Å². The molecule has 5 heteroatoms. The van der Waals surface area contributed by atoms with Crippen molar-refractivity contribution in [2.75, 3.05) is 6.61 Å². The molecule has 0 heterocycles. The molecule has 0 spiro atoms. The topological polar surface area (TPSA) is 9.23 Å². The minimum atomic E-state index is -4.04. The molecule has 0 unspecified atom stereocenters. The molecule has 2 saturated carbocycles. The van der Waals surface area contributed by atoms with Crippen LogP contribution in [0.15, 0.2) is 11.9 Å². The molecule has 24 heavy (non-hydrogen) atoms. The molecular formula is C19H28F4O. The van der Waals surface area contributed by atoms with Gasteiger partial charge in [0.15, 0.2) is 0 Å². The van der Waals surface area contributed by atoms with Gasteiger partial charge in [-0.05, 0) is 69.8 Å². The Kier molecular flexibility index (Phi) is 5.03. The molecule has 0 aliphatic heterocycles. The molecule has 138 valence electrons. The fraction of sp³-hybridized carbons (Fsp3) is 0.895. The third kappa shape index (κ3) is 4.14. The van der Waals surface area contributed by atoms with Gasteiger partial charge in [-0.25, -0.2) is 4.39 Å². The first-order valence-corrected chi connectivity index (χ1v) is 9.27. The van der Waals surface area contributed by atoms with E-state index in [4.69, 9.17) is 4.74 Å². The van der Waals surface area contributed by atoms with E-state index in [0.29, 0.717) is 6.61 Å². The maximum atomic E-state index is 14.2. The van der Waals surface area contributed by atoms with Gasteiger partial charge in [0.2, 0.25) is 0 Å². The van der Waals surface area contributed by atoms with Crippen LogP contribution in [0.2, 0.25) is 0 Å². The minimum Gasteiger partial charge on any atom is -0.377 e. The Hall–Kier alpha value is -0.580. The van der Waals surface area contributed by atoms with Crippen molar-refractivity contribution in [3.8, 4) is 0 Å². The predicted octanol–water partition coefficient (Wildman–Crippen LogP) is 6.34. The van der Waals surface area contributed by atoms with Crippen LogP contribution >= 0.6 is 0 Å². The lowest BCUT2D eigenvalue weighted by Crippen LogP contribution is -2.41. The lowest BCUT2D eigenvalue weighted by molar-refractivity contribution is -0.138. The number of fused-ring (bicyclic) bond motifs is 2. The Morgan fingerprint density at radius 2 is 1.71 bits per heavy atom. The number of hydrogen-bond acceptors (Lipinski definition) is 1. The quantitative estimate of drug-likeness (QED) is 0.527. The SMILES string of the molecule is CC12CCC(COC3CCC(CCC(F)(F)F)CC3)(C=C1F)CC2. The molecule has 0 N–H and O–H groups in total. The Morgan fingerprint density at radius 3 is 2.25 bits per heavy atom. The molecular weight excluding hydrogens is 320 g/mol. The number of halogens is 4. The van der Waals surface area contributed by atoms with Gasteiger partial charge in [0.25, 0.3) is 0 Å². The van der Waals surface area contributed by atoms with Gasteiger partial charge in [-0.15, -0.1) is 0 Å². The van der Waals surface area contributed by atoms with E-state index in [-0.39, 0.29) is 35.1 Å². The highest BCUT2D eigenvalue weighted by atomic mass is 19.4. The Bertz CT molecular complexity index is 466. The summed E-state index contributed by atoms with van der Waals surface area (Å²) in [4.78, 5) is 0. The van der Waals surface area contributed by atoms with Crippen LogP contribution < -0.4 is 0 Å². The van der Waals surface area contributed by atoms with Gasteiger partial charge in [-0.3, -0.25) is 0 Å². The van der Waals surface area contributed by atoms with Gasteiger partial charge in [0.05, 0.1) is 12.7 Å². The Morgan fingerprint density at radius 1 is 1.08 bits per heavy atom. The maximum Gasteiger partial charge on any atom is 0.389 e. The monoisotopic (exact) mass is 348 g/mol. The van der Waals surface area contributed by atoms with E-state index in [0.717, 1.165) is 51.4 Å². The van der Waals surface area contributed by atoms with Crippen LogP contribution in [0.1, 0.15) is 71.1 Å². The van der Waals surface area contributed by atoms with E-state index >= 15 is 0 Å². The highest BCUT2D eigenvalue weighted by molar-refractivity contribution is 5.21. The lowest BCUT2D eigenvalue weighted by atomic mass is 9.58. The van der Waals surface area contributed by atoms with Crippen LogP contribution in [0.5, 0.6) is 0 Å².